The molecule has 6 heteroatoms. The molecule has 1 amide bonds. The van der Waals surface area contributed by atoms with E-state index in [0.29, 0.717) is 13.0 Å². The first-order valence-electron chi connectivity index (χ1n) is 7.43. The van der Waals surface area contributed by atoms with E-state index in [9.17, 15) is 4.79 Å². The Kier molecular flexibility index (Phi) is 4.73. The number of benzene rings is 1. The van der Waals surface area contributed by atoms with Gasteiger partial charge < -0.3 is 5.32 Å². The second kappa shape index (κ2) is 7.31. The van der Waals surface area contributed by atoms with Gasteiger partial charge in [-0.25, -0.2) is 4.68 Å². The maximum atomic E-state index is 11.9. The largest absolute Gasteiger partial charge is 0.350 e. The Bertz CT molecular complexity index is 755. The van der Waals surface area contributed by atoms with E-state index in [1.807, 2.05) is 42.5 Å². The van der Waals surface area contributed by atoms with Crippen molar-refractivity contribution in [2.45, 2.75) is 19.4 Å². The van der Waals surface area contributed by atoms with Gasteiger partial charge in [0.1, 0.15) is 5.69 Å². The van der Waals surface area contributed by atoms with Crippen LogP contribution in [0.3, 0.4) is 0 Å². The molecule has 23 heavy (non-hydrogen) atoms. The highest BCUT2D eigenvalue weighted by molar-refractivity contribution is 5.76. The van der Waals surface area contributed by atoms with Crippen LogP contribution in [0.1, 0.15) is 17.7 Å². The number of carbonyl (C=O) groups excluding carboxylic acids is 1. The molecule has 0 bridgehead atoms. The standard InChI is InChI=1S/C17H17N5O/c23-17(7-6-14-4-2-1-3-5-14)19-12-15-13-22(21-20-15)16-8-10-18-11-9-16/h1-5,8-11,13H,6-7,12H2,(H,19,23). The number of carbonyl (C=O) groups is 1. The summed E-state index contributed by atoms with van der Waals surface area (Å²) in [6.45, 7) is 0.374. The monoisotopic (exact) mass is 307 g/mol. The molecule has 2 aromatic heterocycles. The van der Waals surface area contributed by atoms with Crippen molar-refractivity contribution in [3.05, 3.63) is 72.3 Å². The molecular weight excluding hydrogens is 290 g/mol. The molecule has 0 radical (unpaired) electrons. The zero-order valence-corrected chi connectivity index (χ0v) is 12.6. The molecule has 2 heterocycles. The zero-order chi connectivity index (χ0) is 15.9. The van der Waals surface area contributed by atoms with E-state index >= 15 is 0 Å². The summed E-state index contributed by atoms with van der Waals surface area (Å²) in [5.41, 5.74) is 2.76. The highest BCUT2D eigenvalue weighted by Crippen LogP contribution is 2.05. The van der Waals surface area contributed by atoms with E-state index in [2.05, 4.69) is 20.6 Å². The highest BCUT2D eigenvalue weighted by Gasteiger charge is 2.06. The van der Waals surface area contributed by atoms with E-state index in [0.717, 1.165) is 23.4 Å². The number of rotatable bonds is 6. The SMILES string of the molecule is O=C(CCc1ccccc1)NCc1cn(-c2ccncc2)nn1. The Labute approximate surface area is 134 Å². The van der Waals surface area contributed by atoms with Crippen LogP contribution in [0.5, 0.6) is 0 Å². The van der Waals surface area contributed by atoms with Crippen molar-refractivity contribution in [1.29, 1.82) is 0 Å². The van der Waals surface area contributed by atoms with Gasteiger partial charge in [-0.15, -0.1) is 5.10 Å². The highest BCUT2D eigenvalue weighted by atomic mass is 16.1. The average Bonchev–Trinajstić information content (AvgIpc) is 3.09. The van der Waals surface area contributed by atoms with Crippen molar-refractivity contribution in [3.8, 4) is 5.69 Å². The molecule has 0 fully saturated rings. The van der Waals surface area contributed by atoms with Crippen molar-refractivity contribution in [2.24, 2.45) is 0 Å². The molecule has 116 valence electrons. The Morgan fingerprint density at radius 2 is 1.87 bits per heavy atom. The molecule has 0 unspecified atom stereocenters. The summed E-state index contributed by atoms with van der Waals surface area (Å²) < 4.78 is 1.66. The van der Waals surface area contributed by atoms with Crippen LogP contribution in [0.4, 0.5) is 0 Å². The van der Waals surface area contributed by atoms with Crippen LogP contribution in [0.15, 0.2) is 61.1 Å². The van der Waals surface area contributed by atoms with Gasteiger partial charge in [0.2, 0.25) is 5.91 Å². The van der Waals surface area contributed by atoms with Crippen LogP contribution in [0.2, 0.25) is 0 Å². The molecule has 1 aromatic carbocycles. The first kappa shape index (κ1) is 14.9. The van der Waals surface area contributed by atoms with Crippen LogP contribution in [0, 0.1) is 0 Å². The summed E-state index contributed by atoms with van der Waals surface area (Å²) in [6.07, 6.45) is 6.38. The molecule has 0 saturated carbocycles. The molecule has 0 saturated heterocycles. The van der Waals surface area contributed by atoms with Gasteiger partial charge in [0.25, 0.3) is 0 Å². The Hall–Kier alpha value is -3.02. The molecule has 1 N–H and O–H groups in total. The molecule has 0 spiro atoms. The minimum atomic E-state index is 0.00677. The van der Waals surface area contributed by atoms with Crippen LogP contribution >= 0.6 is 0 Å². The Morgan fingerprint density at radius 3 is 2.65 bits per heavy atom. The van der Waals surface area contributed by atoms with Gasteiger partial charge in [-0.05, 0) is 24.1 Å². The minimum Gasteiger partial charge on any atom is -0.350 e. The third kappa shape index (κ3) is 4.23. The van der Waals surface area contributed by atoms with Crippen molar-refractivity contribution < 1.29 is 4.79 Å². The van der Waals surface area contributed by atoms with Crippen LogP contribution < -0.4 is 5.32 Å². The quantitative estimate of drug-likeness (QED) is 0.755. The summed E-state index contributed by atoms with van der Waals surface area (Å²) in [4.78, 5) is 15.9. The smallest absolute Gasteiger partial charge is 0.220 e. The van der Waals surface area contributed by atoms with Gasteiger partial charge in [-0.1, -0.05) is 35.5 Å². The third-order valence-corrected chi connectivity index (χ3v) is 3.42. The molecule has 0 aliphatic carbocycles. The summed E-state index contributed by atoms with van der Waals surface area (Å²) in [6, 6.07) is 13.7. The number of aryl methyl sites for hydroxylation is 1. The first-order chi connectivity index (χ1) is 11.3. The predicted octanol–water partition coefficient (Wildman–Crippen LogP) is 1.91. The van der Waals surface area contributed by atoms with E-state index in [1.165, 1.54) is 0 Å². The van der Waals surface area contributed by atoms with Gasteiger partial charge in [0.05, 0.1) is 18.4 Å². The fourth-order valence-electron chi connectivity index (χ4n) is 2.18. The second-order valence-electron chi connectivity index (χ2n) is 5.12. The molecule has 3 aromatic rings. The average molecular weight is 307 g/mol. The summed E-state index contributed by atoms with van der Waals surface area (Å²) in [7, 11) is 0. The maximum Gasteiger partial charge on any atom is 0.220 e. The van der Waals surface area contributed by atoms with E-state index in [4.69, 9.17) is 0 Å². The lowest BCUT2D eigenvalue weighted by Gasteiger charge is -2.03. The van der Waals surface area contributed by atoms with Crippen molar-refractivity contribution >= 4 is 5.91 Å². The Morgan fingerprint density at radius 1 is 1.09 bits per heavy atom. The predicted molar refractivity (Wildman–Crippen MR) is 85.8 cm³/mol. The molecule has 0 atom stereocenters. The number of nitrogens with one attached hydrogen (secondary N) is 1. The number of aromatic nitrogens is 4. The van der Waals surface area contributed by atoms with Crippen molar-refractivity contribution in [3.63, 3.8) is 0 Å². The van der Waals surface area contributed by atoms with Crippen molar-refractivity contribution in [1.82, 2.24) is 25.3 Å². The molecule has 0 aliphatic heterocycles. The number of amides is 1. The van der Waals surface area contributed by atoms with Crippen LogP contribution in [-0.2, 0) is 17.8 Å². The van der Waals surface area contributed by atoms with Gasteiger partial charge in [0.15, 0.2) is 0 Å². The summed E-state index contributed by atoms with van der Waals surface area (Å²) >= 11 is 0. The summed E-state index contributed by atoms with van der Waals surface area (Å²) in [5.74, 6) is 0.00677. The zero-order valence-electron chi connectivity index (χ0n) is 12.6. The van der Waals surface area contributed by atoms with E-state index in [-0.39, 0.29) is 5.91 Å². The number of hydrogen-bond donors (Lipinski definition) is 1. The van der Waals surface area contributed by atoms with Gasteiger partial charge in [0, 0.05) is 18.8 Å². The van der Waals surface area contributed by atoms with E-state index in [1.54, 1.807) is 23.3 Å². The maximum absolute atomic E-state index is 11.9. The first-order valence-corrected chi connectivity index (χ1v) is 7.43. The topological polar surface area (TPSA) is 72.7 Å². The Balaban J connectivity index is 1.49. The lowest BCUT2D eigenvalue weighted by atomic mass is 10.1. The van der Waals surface area contributed by atoms with Gasteiger partial charge >= 0.3 is 0 Å². The molecule has 0 aliphatic rings. The molecule has 6 nitrogen and oxygen atoms in total. The third-order valence-electron chi connectivity index (χ3n) is 3.42. The number of nitrogens with zero attached hydrogens (tertiary/aromatic N) is 4. The van der Waals surface area contributed by atoms with Gasteiger partial charge in [-0.2, -0.15) is 0 Å². The molecule has 3 rings (SSSR count). The van der Waals surface area contributed by atoms with Crippen LogP contribution in [0.25, 0.3) is 5.69 Å². The lowest BCUT2D eigenvalue weighted by molar-refractivity contribution is -0.121. The second-order valence-corrected chi connectivity index (χ2v) is 5.12. The normalized spacial score (nSPS) is 10.4. The van der Waals surface area contributed by atoms with Crippen molar-refractivity contribution in [2.75, 3.05) is 0 Å². The number of hydrogen-bond acceptors (Lipinski definition) is 4. The lowest BCUT2D eigenvalue weighted by Crippen LogP contribution is -2.23. The summed E-state index contributed by atoms with van der Waals surface area (Å²) in [5, 5.41) is 11.0. The van der Waals surface area contributed by atoms with Crippen LogP contribution in [-0.4, -0.2) is 25.9 Å². The van der Waals surface area contributed by atoms with Gasteiger partial charge in [-0.3, -0.25) is 9.78 Å². The fraction of sp³-hybridized carbons (Fsp3) is 0.176. The fourth-order valence-corrected chi connectivity index (χ4v) is 2.18. The van der Waals surface area contributed by atoms with E-state index < -0.39 is 0 Å². The molecular formula is C17H17N5O. The minimum absolute atomic E-state index is 0.00677. The number of pyridine rings is 1.